The second-order valence-corrected chi connectivity index (χ2v) is 4.55. The van der Waals surface area contributed by atoms with Gasteiger partial charge in [-0.1, -0.05) is 0 Å². The normalized spacial score (nSPS) is 10.8. The molecule has 0 saturated carbocycles. The number of furan rings is 1. The second-order valence-electron chi connectivity index (χ2n) is 2.97. The van der Waals surface area contributed by atoms with Gasteiger partial charge in [-0.05, 0) is 37.9 Å². The number of aromatic amines is 1. The first-order valence-electron chi connectivity index (χ1n) is 4.38. The molecule has 0 amide bonds. The third-order valence-corrected chi connectivity index (χ3v) is 3.55. The van der Waals surface area contributed by atoms with E-state index in [9.17, 15) is 0 Å². The van der Waals surface area contributed by atoms with Crippen LogP contribution < -0.4 is 5.32 Å². The van der Waals surface area contributed by atoms with Crippen LogP contribution in [-0.4, -0.2) is 9.97 Å². The van der Waals surface area contributed by atoms with Gasteiger partial charge >= 0.3 is 0 Å². The molecule has 0 fully saturated rings. The highest BCUT2D eigenvalue weighted by molar-refractivity contribution is 9.13. The zero-order valence-electron chi connectivity index (χ0n) is 7.76. The number of imidazole rings is 1. The van der Waals surface area contributed by atoms with Gasteiger partial charge in [0, 0.05) is 12.4 Å². The summed E-state index contributed by atoms with van der Waals surface area (Å²) >= 11 is 6.65. The first-order chi connectivity index (χ1) is 7.25. The fourth-order valence-corrected chi connectivity index (χ4v) is 1.84. The van der Waals surface area contributed by atoms with Gasteiger partial charge in [0.05, 0.1) is 17.6 Å². The van der Waals surface area contributed by atoms with E-state index in [4.69, 9.17) is 4.42 Å². The van der Waals surface area contributed by atoms with E-state index in [2.05, 4.69) is 47.1 Å². The van der Waals surface area contributed by atoms with Gasteiger partial charge in [-0.15, -0.1) is 0 Å². The van der Waals surface area contributed by atoms with E-state index in [0.29, 0.717) is 13.1 Å². The maximum Gasteiger partial charge on any atom is 0.183 e. The molecule has 2 N–H and O–H groups in total. The molecule has 4 nitrogen and oxygen atoms in total. The van der Waals surface area contributed by atoms with Crippen molar-refractivity contribution in [3.05, 3.63) is 39.2 Å². The fraction of sp³-hybridized carbons (Fsp3) is 0.222. The van der Waals surface area contributed by atoms with Crippen molar-refractivity contribution < 1.29 is 4.42 Å². The molecule has 0 aromatic carbocycles. The summed E-state index contributed by atoms with van der Waals surface area (Å²) in [5, 5.41) is 3.22. The first-order valence-corrected chi connectivity index (χ1v) is 5.97. The predicted molar refractivity (Wildman–Crippen MR) is 63.2 cm³/mol. The monoisotopic (exact) mass is 333 g/mol. The molecule has 0 aliphatic heterocycles. The van der Waals surface area contributed by atoms with Crippen LogP contribution in [0, 0.1) is 0 Å². The average molecular weight is 335 g/mol. The van der Waals surface area contributed by atoms with Crippen molar-refractivity contribution in [1.82, 2.24) is 15.3 Å². The number of aromatic nitrogens is 2. The first kappa shape index (κ1) is 10.9. The fourth-order valence-electron chi connectivity index (χ4n) is 1.18. The van der Waals surface area contributed by atoms with Crippen molar-refractivity contribution in [2.45, 2.75) is 13.1 Å². The van der Waals surface area contributed by atoms with Crippen molar-refractivity contribution >= 4 is 31.9 Å². The Morgan fingerprint density at radius 3 is 2.87 bits per heavy atom. The zero-order valence-corrected chi connectivity index (χ0v) is 10.9. The Labute approximate surface area is 104 Å². The molecule has 2 aromatic heterocycles. The van der Waals surface area contributed by atoms with Crippen LogP contribution in [0.3, 0.4) is 0 Å². The molecule has 80 valence electrons. The van der Waals surface area contributed by atoms with E-state index in [-0.39, 0.29) is 0 Å². The third kappa shape index (κ3) is 2.93. The lowest BCUT2D eigenvalue weighted by atomic mass is 10.4. The van der Waals surface area contributed by atoms with E-state index in [1.807, 2.05) is 6.07 Å². The molecule has 0 bridgehead atoms. The molecule has 0 aliphatic rings. The van der Waals surface area contributed by atoms with Crippen molar-refractivity contribution in [1.29, 1.82) is 0 Å². The summed E-state index contributed by atoms with van der Waals surface area (Å²) < 4.78 is 7.06. The quantitative estimate of drug-likeness (QED) is 0.904. The molecule has 2 rings (SSSR count). The Morgan fingerprint density at radius 2 is 2.27 bits per heavy atom. The number of hydrogen-bond donors (Lipinski definition) is 2. The smallest absolute Gasteiger partial charge is 0.183 e. The van der Waals surface area contributed by atoms with Crippen molar-refractivity contribution in [2.24, 2.45) is 0 Å². The predicted octanol–water partition coefficient (Wildman–Crippen LogP) is 2.82. The lowest BCUT2D eigenvalue weighted by molar-refractivity contribution is 0.462. The minimum Gasteiger partial charge on any atom is -0.452 e. The summed E-state index contributed by atoms with van der Waals surface area (Å²) in [6, 6.07) is 1.93. The van der Waals surface area contributed by atoms with Gasteiger partial charge in [-0.25, -0.2) is 4.98 Å². The van der Waals surface area contributed by atoms with Gasteiger partial charge in [0.2, 0.25) is 0 Å². The van der Waals surface area contributed by atoms with Gasteiger partial charge in [0.15, 0.2) is 4.67 Å². The summed E-state index contributed by atoms with van der Waals surface area (Å²) in [6.45, 7) is 1.37. The summed E-state index contributed by atoms with van der Waals surface area (Å²) in [7, 11) is 0. The van der Waals surface area contributed by atoms with Crippen molar-refractivity contribution in [3.63, 3.8) is 0 Å². The minimum absolute atomic E-state index is 0.672. The van der Waals surface area contributed by atoms with Crippen LogP contribution in [-0.2, 0) is 13.1 Å². The second kappa shape index (κ2) is 4.96. The van der Waals surface area contributed by atoms with E-state index in [0.717, 1.165) is 20.7 Å². The number of hydrogen-bond acceptors (Lipinski definition) is 3. The lowest BCUT2D eigenvalue weighted by Crippen LogP contribution is -2.13. The van der Waals surface area contributed by atoms with Gasteiger partial charge in [0.1, 0.15) is 11.6 Å². The highest BCUT2D eigenvalue weighted by Gasteiger charge is 2.05. The topological polar surface area (TPSA) is 53.9 Å². The van der Waals surface area contributed by atoms with Crippen LogP contribution >= 0.6 is 31.9 Å². The number of rotatable bonds is 4. The summed E-state index contributed by atoms with van der Waals surface area (Å²) in [4.78, 5) is 7.12. The number of nitrogens with one attached hydrogen (secondary N) is 2. The molecule has 2 aromatic rings. The van der Waals surface area contributed by atoms with Crippen LogP contribution in [0.15, 0.2) is 32.0 Å². The summed E-state index contributed by atoms with van der Waals surface area (Å²) in [6.07, 6.45) is 3.54. The van der Waals surface area contributed by atoms with Gasteiger partial charge < -0.3 is 14.7 Å². The third-order valence-electron chi connectivity index (χ3n) is 1.84. The summed E-state index contributed by atoms with van der Waals surface area (Å²) in [5.74, 6) is 1.79. The average Bonchev–Trinajstić information content (AvgIpc) is 2.79. The Kier molecular flexibility index (Phi) is 3.61. The number of halogens is 2. The molecule has 0 aliphatic carbocycles. The molecule has 0 spiro atoms. The van der Waals surface area contributed by atoms with Crippen LogP contribution in [0.1, 0.15) is 11.6 Å². The molecule has 2 heterocycles. The van der Waals surface area contributed by atoms with E-state index in [1.54, 1.807) is 12.4 Å². The standard InChI is InChI=1S/C9H9Br2N3O/c10-7-3-6(15-9(7)11)4-12-5-8-13-1-2-14-8/h1-3,12H,4-5H2,(H,13,14). The van der Waals surface area contributed by atoms with E-state index >= 15 is 0 Å². The molecular weight excluding hydrogens is 326 g/mol. The Hall–Kier alpha value is -0.590. The molecule has 0 unspecified atom stereocenters. The number of H-pyrrole nitrogens is 1. The Balaban J connectivity index is 1.83. The van der Waals surface area contributed by atoms with E-state index in [1.165, 1.54) is 0 Å². The van der Waals surface area contributed by atoms with Crippen molar-refractivity contribution in [3.8, 4) is 0 Å². The zero-order chi connectivity index (χ0) is 10.7. The molecule has 0 saturated heterocycles. The molecule has 6 heteroatoms. The van der Waals surface area contributed by atoms with Crippen LogP contribution in [0.4, 0.5) is 0 Å². The molecule has 0 radical (unpaired) electrons. The molecule has 0 atom stereocenters. The van der Waals surface area contributed by atoms with Crippen molar-refractivity contribution in [2.75, 3.05) is 0 Å². The van der Waals surface area contributed by atoms with Crippen LogP contribution in [0.25, 0.3) is 0 Å². The SMILES string of the molecule is Brc1cc(CNCc2ncc[nH]2)oc1Br. The van der Waals surface area contributed by atoms with Gasteiger partial charge in [-0.2, -0.15) is 0 Å². The van der Waals surface area contributed by atoms with Crippen LogP contribution in [0.5, 0.6) is 0 Å². The lowest BCUT2D eigenvalue weighted by Gasteiger charge is -1.98. The molecular formula is C9H9Br2N3O. The highest BCUT2D eigenvalue weighted by atomic mass is 79.9. The summed E-state index contributed by atoms with van der Waals surface area (Å²) in [5.41, 5.74) is 0. The minimum atomic E-state index is 0.672. The molecule has 15 heavy (non-hydrogen) atoms. The van der Waals surface area contributed by atoms with E-state index < -0.39 is 0 Å². The maximum absolute atomic E-state index is 5.41. The largest absolute Gasteiger partial charge is 0.452 e. The highest BCUT2D eigenvalue weighted by Crippen LogP contribution is 2.26. The Morgan fingerprint density at radius 1 is 1.40 bits per heavy atom. The maximum atomic E-state index is 5.41. The van der Waals surface area contributed by atoms with Crippen LogP contribution in [0.2, 0.25) is 0 Å². The van der Waals surface area contributed by atoms with Gasteiger partial charge in [-0.3, -0.25) is 0 Å². The Bertz CT molecular complexity index is 405. The number of nitrogens with zero attached hydrogens (tertiary/aromatic N) is 1. The van der Waals surface area contributed by atoms with Gasteiger partial charge in [0.25, 0.3) is 0 Å².